The Bertz CT molecular complexity index is 1010. The predicted molar refractivity (Wildman–Crippen MR) is 149 cm³/mol. The van der Waals surface area contributed by atoms with Gasteiger partial charge in [-0.1, -0.05) is 46.3 Å². The topological polar surface area (TPSA) is 111 Å². The second-order valence-electron chi connectivity index (χ2n) is 10.6. The molecule has 38 heavy (non-hydrogen) atoms. The molecule has 1 aromatic carbocycles. The van der Waals surface area contributed by atoms with Gasteiger partial charge in [0.05, 0.1) is 29.8 Å². The minimum absolute atomic E-state index is 0.0395. The highest BCUT2D eigenvalue weighted by Crippen LogP contribution is 2.67. The van der Waals surface area contributed by atoms with Crippen LogP contribution in [0.3, 0.4) is 0 Å². The molecular formula is C27H37BrN4O5S. The number of aliphatic hydroxyl groups is 1. The zero-order chi connectivity index (χ0) is 26.7. The summed E-state index contributed by atoms with van der Waals surface area (Å²) < 4.78 is 4.77. The predicted octanol–water partition coefficient (Wildman–Crippen LogP) is 0.988. The average Bonchev–Trinajstić information content (AvgIpc) is 3.52. The first kappa shape index (κ1) is 27.9. The van der Waals surface area contributed by atoms with E-state index < -0.39 is 22.6 Å². The molecule has 3 amide bonds. The van der Waals surface area contributed by atoms with Crippen LogP contribution in [0, 0.1) is 11.8 Å². The molecule has 4 aliphatic rings. The standard InChI is InChI=1S/C27H37BrN4O5S/c28-19-16-27-21(20(22(19)38-27)24(34)30-17-18-6-2-1-3-7-18)26(36)32(9-4-5-13-33)23(27)25(35)29-8-10-31-11-14-37-15-12-31/h1-3,6-7,19-23,33H,4-5,8-17H2,(H,29,35)(H,30,34)/t19?,20-,21+,22-,23?,27?/m1/s1. The number of carbonyl (C=O) groups excluding carboxylic acids is 3. The van der Waals surface area contributed by atoms with Gasteiger partial charge >= 0.3 is 0 Å². The second kappa shape index (κ2) is 12.2. The highest BCUT2D eigenvalue weighted by atomic mass is 79.9. The van der Waals surface area contributed by atoms with Crippen LogP contribution in [0.15, 0.2) is 30.3 Å². The monoisotopic (exact) mass is 608 g/mol. The average molecular weight is 610 g/mol. The fraction of sp³-hybridized carbons (Fsp3) is 0.667. The first-order valence-electron chi connectivity index (χ1n) is 13.6. The van der Waals surface area contributed by atoms with Crippen LogP contribution in [0.4, 0.5) is 0 Å². The molecule has 4 aliphatic heterocycles. The van der Waals surface area contributed by atoms with Crippen LogP contribution >= 0.6 is 27.7 Å². The summed E-state index contributed by atoms with van der Waals surface area (Å²) in [5.74, 6) is -1.41. The smallest absolute Gasteiger partial charge is 0.244 e. The van der Waals surface area contributed by atoms with Crippen LogP contribution in [0.25, 0.3) is 0 Å². The number of carbonyl (C=O) groups is 3. The van der Waals surface area contributed by atoms with Gasteiger partial charge < -0.3 is 25.4 Å². The summed E-state index contributed by atoms with van der Waals surface area (Å²) in [7, 11) is 0. The number of hydrogen-bond donors (Lipinski definition) is 3. The third-order valence-electron chi connectivity index (χ3n) is 8.29. The molecule has 2 bridgehead atoms. The van der Waals surface area contributed by atoms with Gasteiger partial charge in [0.2, 0.25) is 17.7 Å². The number of benzene rings is 1. The maximum absolute atomic E-state index is 14.0. The number of amides is 3. The zero-order valence-electron chi connectivity index (χ0n) is 21.5. The number of nitrogens with zero attached hydrogens (tertiary/aromatic N) is 2. The molecule has 0 saturated carbocycles. The van der Waals surface area contributed by atoms with Crippen molar-refractivity contribution in [1.82, 2.24) is 20.4 Å². The summed E-state index contributed by atoms with van der Waals surface area (Å²) in [5.41, 5.74) is 1.00. The maximum atomic E-state index is 14.0. The molecule has 0 radical (unpaired) electrons. The summed E-state index contributed by atoms with van der Waals surface area (Å²) in [6.07, 6.45) is 1.84. The largest absolute Gasteiger partial charge is 0.396 e. The zero-order valence-corrected chi connectivity index (χ0v) is 23.9. The van der Waals surface area contributed by atoms with E-state index in [1.807, 2.05) is 30.3 Å². The summed E-state index contributed by atoms with van der Waals surface area (Å²) in [4.78, 5) is 45.3. The number of ether oxygens (including phenoxy) is 1. The number of likely N-dealkylation sites (tertiary alicyclic amines) is 1. The molecule has 3 N–H and O–H groups in total. The van der Waals surface area contributed by atoms with Crippen molar-refractivity contribution in [2.24, 2.45) is 11.8 Å². The van der Waals surface area contributed by atoms with Crippen molar-refractivity contribution in [1.29, 1.82) is 0 Å². The molecule has 0 aliphatic carbocycles. The van der Waals surface area contributed by atoms with Crippen molar-refractivity contribution in [3.05, 3.63) is 35.9 Å². The number of alkyl halides is 1. The van der Waals surface area contributed by atoms with Crippen molar-refractivity contribution < 1.29 is 24.2 Å². The maximum Gasteiger partial charge on any atom is 0.244 e. The third-order valence-corrected chi connectivity index (χ3v) is 11.5. The lowest BCUT2D eigenvalue weighted by Crippen LogP contribution is -2.55. The Morgan fingerprint density at radius 3 is 2.61 bits per heavy atom. The van der Waals surface area contributed by atoms with Crippen LogP contribution in [0.5, 0.6) is 0 Å². The van der Waals surface area contributed by atoms with Crippen molar-refractivity contribution in [2.75, 3.05) is 52.5 Å². The number of rotatable bonds is 11. The Kier molecular flexibility index (Phi) is 8.99. The van der Waals surface area contributed by atoms with Gasteiger partial charge in [0.1, 0.15) is 6.04 Å². The van der Waals surface area contributed by atoms with E-state index in [2.05, 4.69) is 31.5 Å². The van der Waals surface area contributed by atoms with Crippen molar-refractivity contribution in [3.63, 3.8) is 0 Å². The van der Waals surface area contributed by atoms with E-state index in [0.29, 0.717) is 52.1 Å². The highest BCUT2D eigenvalue weighted by Gasteiger charge is 2.75. The van der Waals surface area contributed by atoms with Crippen molar-refractivity contribution in [3.8, 4) is 0 Å². The highest BCUT2D eigenvalue weighted by molar-refractivity contribution is 9.09. The van der Waals surface area contributed by atoms with Crippen LogP contribution in [-0.2, 0) is 25.7 Å². The summed E-state index contributed by atoms with van der Waals surface area (Å²) in [6.45, 7) is 5.17. The van der Waals surface area contributed by atoms with Crippen molar-refractivity contribution in [2.45, 2.75) is 46.7 Å². The normalized spacial score (nSPS) is 32.4. The molecule has 208 valence electrons. The summed E-state index contributed by atoms with van der Waals surface area (Å²) >= 11 is 5.46. The van der Waals surface area contributed by atoms with Gasteiger partial charge in [-0.05, 0) is 24.8 Å². The fourth-order valence-electron chi connectivity index (χ4n) is 6.53. The van der Waals surface area contributed by atoms with E-state index in [1.165, 1.54) is 0 Å². The quantitative estimate of drug-likeness (QED) is 0.254. The Labute approximate surface area is 236 Å². The van der Waals surface area contributed by atoms with Gasteiger partial charge in [0, 0.05) is 56.0 Å². The lowest BCUT2D eigenvalue weighted by Gasteiger charge is -2.35. The van der Waals surface area contributed by atoms with Crippen LogP contribution in [0.2, 0.25) is 0 Å². The summed E-state index contributed by atoms with van der Waals surface area (Å²) in [6, 6.07) is 9.10. The van der Waals surface area contributed by atoms with Gasteiger partial charge in [0.25, 0.3) is 0 Å². The molecule has 4 fully saturated rings. The lowest BCUT2D eigenvalue weighted by atomic mass is 9.70. The number of thioether (sulfide) groups is 1. The lowest BCUT2D eigenvalue weighted by molar-refractivity contribution is -0.140. The van der Waals surface area contributed by atoms with Gasteiger partial charge in [-0.15, -0.1) is 11.8 Å². The van der Waals surface area contributed by atoms with Gasteiger partial charge in [-0.3, -0.25) is 19.3 Å². The molecule has 4 heterocycles. The number of fused-ring (bicyclic) bond motifs is 1. The molecule has 3 unspecified atom stereocenters. The SMILES string of the molecule is O=C(NCCN1CCOCC1)C1N(CCCCO)C(=O)[C@@H]2[C@@H](C(=O)NCc3ccccc3)[C@@H]3SC12CC3Br. The van der Waals surface area contributed by atoms with E-state index in [0.717, 1.165) is 25.2 Å². The van der Waals surface area contributed by atoms with E-state index in [4.69, 9.17) is 4.74 Å². The molecule has 5 rings (SSSR count). The van der Waals surface area contributed by atoms with Crippen LogP contribution in [-0.4, -0.2) is 106 Å². The Balaban J connectivity index is 1.33. The van der Waals surface area contributed by atoms with E-state index in [1.54, 1.807) is 16.7 Å². The van der Waals surface area contributed by atoms with Crippen LogP contribution < -0.4 is 10.6 Å². The molecule has 6 atom stereocenters. The first-order chi connectivity index (χ1) is 18.5. The number of aliphatic hydroxyl groups excluding tert-OH is 1. The van der Waals surface area contributed by atoms with Gasteiger partial charge in [0.15, 0.2) is 0 Å². The number of hydrogen-bond acceptors (Lipinski definition) is 7. The van der Waals surface area contributed by atoms with E-state index >= 15 is 0 Å². The second-order valence-corrected chi connectivity index (χ2v) is 13.3. The number of nitrogens with one attached hydrogen (secondary N) is 2. The van der Waals surface area contributed by atoms with Crippen LogP contribution in [0.1, 0.15) is 24.8 Å². The number of halogens is 1. The molecular weight excluding hydrogens is 572 g/mol. The molecule has 1 spiro atoms. The first-order valence-corrected chi connectivity index (χ1v) is 15.4. The van der Waals surface area contributed by atoms with E-state index in [9.17, 15) is 19.5 Å². The number of unbranched alkanes of at least 4 members (excludes halogenated alkanes) is 1. The van der Waals surface area contributed by atoms with Gasteiger partial charge in [-0.2, -0.15) is 0 Å². The molecule has 9 nitrogen and oxygen atoms in total. The Morgan fingerprint density at radius 1 is 1.11 bits per heavy atom. The fourth-order valence-corrected chi connectivity index (χ4v) is 10.1. The Morgan fingerprint density at radius 2 is 1.87 bits per heavy atom. The van der Waals surface area contributed by atoms with Gasteiger partial charge in [-0.25, -0.2) is 0 Å². The molecule has 11 heteroatoms. The Hall–Kier alpha value is -1.66. The molecule has 1 aromatic rings. The van der Waals surface area contributed by atoms with Crippen molar-refractivity contribution >= 4 is 45.4 Å². The molecule has 0 aromatic heterocycles. The third kappa shape index (κ3) is 5.37. The van der Waals surface area contributed by atoms with E-state index in [-0.39, 0.29) is 34.4 Å². The molecule has 4 saturated heterocycles. The number of morpholine rings is 1. The minimum atomic E-state index is -0.646. The summed E-state index contributed by atoms with van der Waals surface area (Å²) in [5, 5.41) is 15.4. The minimum Gasteiger partial charge on any atom is -0.396 e.